The number of aryl methyl sites for hydroxylation is 2. The Bertz CT molecular complexity index is 781. The minimum Gasteiger partial charge on any atom is -0.359 e. The Balaban J connectivity index is 2.15. The van der Waals surface area contributed by atoms with Crippen molar-refractivity contribution in [2.75, 3.05) is 12.4 Å². The van der Waals surface area contributed by atoms with Crippen molar-refractivity contribution in [2.45, 2.75) is 12.8 Å². The molecule has 120 valence electrons. The van der Waals surface area contributed by atoms with Crippen LogP contribution in [0, 0.1) is 0 Å². The Hall–Kier alpha value is -2.89. The summed E-state index contributed by atoms with van der Waals surface area (Å²) in [6.45, 7) is 0. The smallest absolute Gasteiger partial charge is 0.257 e. The number of para-hydroxylation sites is 1. The molecule has 2 N–H and O–H groups in total. The number of benzene rings is 1. The van der Waals surface area contributed by atoms with Crippen LogP contribution in [0.25, 0.3) is 0 Å². The van der Waals surface area contributed by atoms with E-state index in [9.17, 15) is 14.4 Å². The second-order valence-corrected chi connectivity index (χ2v) is 5.15. The second kappa shape index (κ2) is 7.40. The summed E-state index contributed by atoms with van der Waals surface area (Å²) in [5.74, 6) is -0.350. The van der Waals surface area contributed by atoms with Gasteiger partial charge in [0.15, 0.2) is 0 Å². The first kappa shape index (κ1) is 16.5. The fraction of sp³-hybridized carbons (Fsp3) is 0.235. The van der Waals surface area contributed by atoms with Crippen LogP contribution in [0.2, 0.25) is 0 Å². The summed E-state index contributed by atoms with van der Waals surface area (Å²) in [6.07, 6.45) is 2.37. The number of anilines is 1. The molecule has 6 nitrogen and oxygen atoms in total. The number of hydrogen-bond donors (Lipinski definition) is 2. The van der Waals surface area contributed by atoms with Crippen molar-refractivity contribution in [3.63, 3.8) is 0 Å². The van der Waals surface area contributed by atoms with Crippen LogP contribution in [0.1, 0.15) is 22.3 Å². The van der Waals surface area contributed by atoms with Crippen LogP contribution >= 0.6 is 0 Å². The topological polar surface area (TPSA) is 80.2 Å². The highest BCUT2D eigenvalue weighted by Gasteiger charge is 2.10. The maximum atomic E-state index is 12.3. The molecular weight excluding hydrogens is 294 g/mol. The number of rotatable bonds is 5. The highest BCUT2D eigenvalue weighted by Crippen LogP contribution is 2.17. The quantitative estimate of drug-likeness (QED) is 0.873. The Kier molecular flexibility index (Phi) is 5.30. The van der Waals surface area contributed by atoms with Crippen molar-refractivity contribution in [2.24, 2.45) is 7.05 Å². The van der Waals surface area contributed by atoms with Crippen LogP contribution < -0.4 is 16.2 Å². The summed E-state index contributed by atoms with van der Waals surface area (Å²) in [6, 6.07) is 10.2. The molecular formula is C17H19N3O3. The van der Waals surface area contributed by atoms with Gasteiger partial charge < -0.3 is 15.2 Å². The average Bonchev–Trinajstić information content (AvgIpc) is 2.56. The van der Waals surface area contributed by atoms with E-state index in [0.717, 1.165) is 5.56 Å². The number of nitrogens with one attached hydrogen (secondary N) is 2. The van der Waals surface area contributed by atoms with Crippen molar-refractivity contribution in [3.05, 3.63) is 64.1 Å². The van der Waals surface area contributed by atoms with Gasteiger partial charge in [-0.25, -0.2) is 0 Å². The molecule has 23 heavy (non-hydrogen) atoms. The van der Waals surface area contributed by atoms with Crippen LogP contribution in [0.3, 0.4) is 0 Å². The summed E-state index contributed by atoms with van der Waals surface area (Å²) in [7, 11) is 3.19. The summed E-state index contributed by atoms with van der Waals surface area (Å²) >= 11 is 0. The molecule has 0 fully saturated rings. The fourth-order valence-corrected chi connectivity index (χ4v) is 2.16. The first-order valence-electron chi connectivity index (χ1n) is 7.28. The van der Waals surface area contributed by atoms with Crippen LogP contribution in [0.15, 0.2) is 47.4 Å². The van der Waals surface area contributed by atoms with Crippen molar-refractivity contribution >= 4 is 17.5 Å². The molecule has 2 aromatic rings. The standard InChI is InChI=1S/C17H19N3O3/c1-18-15(21)9-7-12-5-3-4-6-14(12)19-17(23)13-8-10-16(22)20(2)11-13/h3-6,8,10-11H,7,9H2,1-2H3,(H,18,21)(H,19,23). The molecule has 0 spiro atoms. The second-order valence-electron chi connectivity index (χ2n) is 5.15. The molecule has 0 aliphatic heterocycles. The Morgan fingerprint density at radius 1 is 1.13 bits per heavy atom. The van der Waals surface area contributed by atoms with Gasteiger partial charge in [-0.05, 0) is 24.1 Å². The fourth-order valence-electron chi connectivity index (χ4n) is 2.16. The minimum atomic E-state index is -0.298. The lowest BCUT2D eigenvalue weighted by Crippen LogP contribution is -2.20. The van der Waals surface area contributed by atoms with E-state index in [1.807, 2.05) is 18.2 Å². The average molecular weight is 313 g/mol. The van der Waals surface area contributed by atoms with E-state index in [1.54, 1.807) is 20.2 Å². The summed E-state index contributed by atoms with van der Waals surface area (Å²) in [4.78, 5) is 35.1. The van der Waals surface area contributed by atoms with Crippen molar-refractivity contribution in [1.29, 1.82) is 0 Å². The highest BCUT2D eigenvalue weighted by molar-refractivity contribution is 6.04. The maximum absolute atomic E-state index is 12.3. The Labute approximate surface area is 134 Å². The number of carbonyl (C=O) groups is 2. The summed E-state index contributed by atoms with van der Waals surface area (Å²) in [5.41, 5.74) is 1.77. The number of hydrogen-bond acceptors (Lipinski definition) is 3. The lowest BCUT2D eigenvalue weighted by atomic mass is 10.1. The van der Waals surface area contributed by atoms with E-state index < -0.39 is 0 Å². The molecule has 0 radical (unpaired) electrons. The van der Waals surface area contributed by atoms with E-state index in [0.29, 0.717) is 24.1 Å². The number of carbonyl (C=O) groups excluding carboxylic acids is 2. The molecule has 0 aliphatic carbocycles. The van der Waals surface area contributed by atoms with Gasteiger partial charge in [-0.15, -0.1) is 0 Å². The third kappa shape index (κ3) is 4.29. The first-order chi connectivity index (χ1) is 11.0. The largest absolute Gasteiger partial charge is 0.359 e. The molecule has 1 aromatic carbocycles. The van der Waals surface area contributed by atoms with Crippen molar-refractivity contribution in [3.8, 4) is 0 Å². The molecule has 0 atom stereocenters. The number of pyridine rings is 1. The maximum Gasteiger partial charge on any atom is 0.257 e. The molecule has 2 rings (SSSR count). The lowest BCUT2D eigenvalue weighted by molar-refractivity contribution is -0.120. The molecule has 0 saturated heterocycles. The Morgan fingerprint density at radius 2 is 1.87 bits per heavy atom. The van der Waals surface area contributed by atoms with Gasteiger partial charge in [0.25, 0.3) is 5.91 Å². The summed E-state index contributed by atoms with van der Waals surface area (Å²) in [5, 5.41) is 5.40. The van der Waals surface area contributed by atoms with Crippen LogP contribution in [-0.4, -0.2) is 23.4 Å². The molecule has 1 heterocycles. The Morgan fingerprint density at radius 3 is 2.57 bits per heavy atom. The van der Waals surface area contributed by atoms with Crippen LogP contribution in [0.4, 0.5) is 5.69 Å². The van der Waals surface area contributed by atoms with Crippen molar-refractivity contribution in [1.82, 2.24) is 9.88 Å². The lowest BCUT2D eigenvalue weighted by Gasteiger charge is -2.11. The predicted octanol–water partition coefficient (Wildman–Crippen LogP) is 1.32. The molecule has 0 bridgehead atoms. The number of aromatic nitrogens is 1. The normalized spacial score (nSPS) is 10.2. The van der Waals surface area contributed by atoms with Gasteiger partial charge in [-0.2, -0.15) is 0 Å². The predicted molar refractivity (Wildman–Crippen MR) is 88.5 cm³/mol. The van der Waals surface area contributed by atoms with Gasteiger partial charge in [0.05, 0.1) is 5.56 Å². The zero-order valence-electron chi connectivity index (χ0n) is 13.1. The van der Waals surface area contributed by atoms with Gasteiger partial charge in [0, 0.05) is 38.5 Å². The van der Waals surface area contributed by atoms with Crippen LogP contribution in [-0.2, 0) is 18.3 Å². The highest BCUT2D eigenvalue weighted by atomic mass is 16.2. The third-order valence-corrected chi connectivity index (χ3v) is 3.51. The molecule has 6 heteroatoms. The van der Waals surface area contributed by atoms with Gasteiger partial charge in [0.2, 0.25) is 11.5 Å². The number of nitrogens with zero attached hydrogens (tertiary/aromatic N) is 1. The SMILES string of the molecule is CNC(=O)CCc1ccccc1NC(=O)c1ccc(=O)n(C)c1. The van der Waals surface area contributed by atoms with E-state index in [-0.39, 0.29) is 17.4 Å². The van der Waals surface area contributed by atoms with Crippen LogP contribution in [0.5, 0.6) is 0 Å². The molecule has 0 aliphatic rings. The van der Waals surface area contributed by atoms with E-state index in [2.05, 4.69) is 10.6 Å². The van der Waals surface area contributed by atoms with Gasteiger partial charge in [-0.1, -0.05) is 18.2 Å². The molecule has 0 saturated carbocycles. The monoisotopic (exact) mass is 313 g/mol. The zero-order chi connectivity index (χ0) is 16.8. The molecule has 0 unspecified atom stereocenters. The molecule has 2 amide bonds. The van der Waals surface area contributed by atoms with E-state index in [1.165, 1.54) is 22.9 Å². The van der Waals surface area contributed by atoms with E-state index in [4.69, 9.17) is 0 Å². The van der Waals surface area contributed by atoms with E-state index >= 15 is 0 Å². The van der Waals surface area contributed by atoms with Gasteiger partial charge in [-0.3, -0.25) is 14.4 Å². The molecule has 1 aromatic heterocycles. The first-order valence-corrected chi connectivity index (χ1v) is 7.28. The summed E-state index contributed by atoms with van der Waals surface area (Å²) < 4.78 is 1.35. The minimum absolute atomic E-state index is 0.0517. The van der Waals surface area contributed by atoms with Gasteiger partial charge in [0.1, 0.15) is 0 Å². The van der Waals surface area contributed by atoms with Gasteiger partial charge >= 0.3 is 0 Å². The zero-order valence-corrected chi connectivity index (χ0v) is 13.1. The third-order valence-electron chi connectivity index (χ3n) is 3.51. The van der Waals surface area contributed by atoms with Crippen molar-refractivity contribution < 1.29 is 9.59 Å². The number of amides is 2.